The summed E-state index contributed by atoms with van der Waals surface area (Å²) in [6, 6.07) is 1.31. The quantitative estimate of drug-likeness (QED) is 0.838. The second-order valence-corrected chi connectivity index (χ2v) is 7.76. The van der Waals surface area contributed by atoms with Gasteiger partial charge in [0.15, 0.2) is 5.65 Å². The molecule has 1 saturated carbocycles. The van der Waals surface area contributed by atoms with Crippen molar-refractivity contribution in [3.63, 3.8) is 0 Å². The molecule has 27 heavy (non-hydrogen) atoms. The summed E-state index contributed by atoms with van der Waals surface area (Å²) in [5.74, 6) is -1.47. The Kier molecular flexibility index (Phi) is 3.40. The molecule has 0 radical (unpaired) electrons. The Labute approximate surface area is 152 Å². The van der Waals surface area contributed by atoms with E-state index in [1.165, 1.54) is 0 Å². The second-order valence-electron chi connectivity index (χ2n) is 7.76. The number of urea groups is 1. The summed E-state index contributed by atoms with van der Waals surface area (Å²) >= 11 is 0. The molecule has 1 spiro atoms. The standard InChI is InChI=1S/C17H18F2N6O2/c18-13(19)9-4-17(5-9)7-24(8-17)12-3-11(23-25-2-1-20-14(12)25)10-6-21-16(27)22-15(10)26/h1-3,9-10,13H,4-8H2,(H2,21,22,26,27). The largest absolute Gasteiger partial charge is 0.367 e. The van der Waals surface area contributed by atoms with E-state index in [1.807, 2.05) is 6.07 Å². The highest BCUT2D eigenvalue weighted by Crippen LogP contribution is 2.54. The number of rotatable bonds is 3. The minimum atomic E-state index is -2.24. The molecule has 1 unspecified atom stereocenters. The van der Waals surface area contributed by atoms with E-state index in [9.17, 15) is 18.4 Å². The molecule has 2 saturated heterocycles. The van der Waals surface area contributed by atoms with Gasteiger partial charge in [0.25, 0.3) is 0 Å². The van der Waals surface area contributed by atoms with Crippen LogP contribution in [0.15, 0.2) is 18.5 Å². The molecule has 2 N–H and O–H groups in total. The summed E-state index contributed by atoms with van der Waals surface area (Å²) in [7, 11) is 0. The van der Waals surface area contributed by atoms with E-state index >= 15 is 0 Å². The number of nitrogens with zero attached hydrogens (tertiary/aromatic N) is 4. The van der Waals surface area contributed by atoms with Crippen molar-refractivity contribution in [3.8, 4) is 0 Å². The summed E-state index contributed by atoms with van der Waals surface area (Å²) in [5.41, 5.74) is 2.01. The van der Waals surface area contributed by atoms with E-state index in [2.05, 4.69) is 25.6 Å². The van der Waals surface area contributed by atoms with E-state index in [0.717, 1.165) is 5.69 Å². The predicted molar refractivity (Wildman–Crippen MR) is 90.6 cm³/mol. The smallest absolute Gasteiger partial charge is 0.321 e. The van der Waals surface area contributed by atoms with Crippen LogP contribution in [0.4, 0.5) is 19.3 Å². The van der Waals surface area contributed by atoms with Crippen molar-refractivity contribution in [2.24, 2.45) is 11.3 Å². The molecule has 3 fully saturated rings. The predicted octanol–water partition coefficient (Wildman–Crippen LogP) is 1.13. The lowest BCUT2D eigenvalue weighted by Crippen LogP contribution is -2.63. The van der Waals surface area contributed by atoms with Crippen LogP contribution in [-0.2, 0) is 4.79 Å². The number of alkyl halides is 2. The van der Waals surface area contributed by atoms with Crippen molar-refractivity contribution < 1.29 is 18.4 Å². The van der Waals surface area contributed by atoms with Gasteiger partial charge >= 0.3 is 6.03 Å². The first kappa shape index (κ1) is 16.4. The van der Waals surface area contributed by atoms with Crippen molar-refractivity contribution in [1.82, 2.24) is 25.2 Å². The topological polar surface area (TPSA) is 91.6 Å². The molecule has 0 aromatic carbocycles. The normalized spacial score (nSPS) is 24.7. The first-order valence-electron chi connectivity index (χ1n) is 8.90. The number of aromatic nitrogens is 3. The fraction of sp³-hybridized carbons (Fsp3) is 0.529. The third-order valence-corrected chi connectivity index (χ3v) is 5.88. The van der Waals surface area contributed by atoms with Crippen LogP contribution in [0, 0.1) is 11.3 Å². The van der Waals surface area contributed by atoms with Crippen LogP contribution in [0.2, 0.25) is 0 Å². The molecule has 8 nitrogen and oxygen atoms in total. The Morgan fingerprint density at radius 3 is 2.74 bits per heavy atom. The Morgan fingerprint density at radius 1 is 1.26 bits per heavy atom. The van der Waals surface area contributed by atoms with Gasteiger partial charge in [0, 0.05) is 43.4 Å². The van der Waals surface area contributed by atoms with Crippen molar-refractivity contribution in [1.29, 1.82) is 0 Å². The SMILES string of the molecule is O=C1NCC(c2cc(N3CC4(CC(C(F)F)C4)C3)c3nccn3n2)C(=O)N1. The maximum Gasteiger partial charge on any atom is 0.321 e. The van der Waals surface area contributed by atoms with Crippen molar-refractivity contribution in [2.45, 2.75) is 25.2 Å². The Balaban J connectivity index is 1.41. The molecule has 2 aromatic heterocycles. The summed E-state index contributed by atoms with van der Waals surface area (Å²) in [4.78, 5) is 29.9. The first-order valence-corrected chi connectivity index (χ1v) is 8.90. The monoisotopic (exact) mass is 376 g/mol. The minimum Gasteiger partial charge on any atom is -0.367 e. The van der Waals surface area contributed by atoms with Gasteiger partial charge in [-0.1, -0.05) is 0 Å². The van der Waals surface area contributed by atoms with Gasteiger partial charge in [-0.05, 0) is 18.9 Å². The molecule has 10 heteroatoms. The van der Waals surface area contributed by atoms with Gasteiger partial charge in [0.05, 0.1) is 17.3 Å². The number of amides is 3. The minimum absolute atomic E-state index is 0.0235. The van der Waals surface area contributed by atoms with Crippen LogP contribution >= 0.6 is 0 Å². The number of imide groups is 1. The molecule has 3 amide bonds. The molecule has 4 heterocycles. The van der Waals surface area contributed by atoms with Gasteiger partial charge in [0.2, 0.25) is 12.3 Å². The number of carbonyl (C=O) groups excluding carboxylic acids is 2. The Morgan fingerprint density at radius 2 is 2.04 bits per heavy atom. The number of hydrogen-bond donors (Lipinski definition) is 2. The lowest BCUT2D eigenvalue weighted by molar-refractivity contribution is -0.122. The summed E-state index contributed by atoms with van der Waals surface area (Å²) in [6.45, 7) is 1.59. The van der Waals surface area contributed by atoms with Gasteiger partial charge in [0.1, 0.15) is 0 Å². The molecule has 1 aliphatic carbocycles. The Bertz CT molecular complexity index is 931. The van der Waals surface area contributed by atoms with E-state index in [4.69, 9.17) is 0 Å². The average molecular weight is 376 g/mol. The molecule has 2 aromatic rings. The number of nitrogens with one attached hydrogen (secondary N) is 2. The second kappa shape index (κ2) is 5.61. The zero-order valence-electron chi connectivity index (χ0n) is 14.4. The number of hydrogen-bond acceptors (Lipinski definition) is 5. The summed E-state index contributed by atoms with van der Waals surface area (Å²) < 4.78 is 27.2. The fourth-order valence-electron chi connectivity index (χ4n) is 4.51. The highest BCUT2D eigenvalue weighted by molar-refractivity contribution is 6.00. The third kappa shape index (κ3) is 2.54. The van der Waals surface area contributed by atoms with Gasteiger partial charge < -0.3 is 10.2 Å². The molecule has 5 rings (SSSR count). The maximum absolute atomic E-state index is 12.8. The zero-order valence-corrected chi connectivity index (χ0v) is 14.4. The Hall–Kier alpha value is -2.78. The van der Waals surface area contributed by atoms with Gasteiger partial charge in [-0.15, -0.1) is 0 Å². The number of fused-ring (bicyclic) bond motifs is 1. The molecule has 1 atom stereocenters. The summed E-state index contributed by atoms with van der Waals surface area (Å²) in [6.07, 6.45) is 2.20. The van der Waals surface area contributed by atoms with Crippen LogP contribution in [0.1, 0.15) is 24.5 Å². The van der Waals surface area contributed by atoms with E-state index in [1.54, 1.807) is 16.9 Å². The van der Waals surface area contributed by atoms with Crippen molar-refractivity contribution in [2.75, 3.05) is 24.5 Å². The van der Waals surface area contributed by atoms with E-state index in [0.29, 0.717) is 37.3 Å². The van der Waals surface area contributed by atoms with Crippen molar-refractivity contribution in [3.05, 3.63) is 24.2 Å². The fourth-order valence-corrected chi connectivity index (χ4v) is 4.51. The molecular formula is C17H18F2N6O2. The van der Waals surface area contributed by atoms with Crippen molar-refractivity contribution >= 4 is 23.3 Å². The number of carbonyl (C=O) groups is 2. The third-order valence-electron chi connectivity index (χ3n) is 5.88. The summed E-state index contributed by atoms with van der Waals surface area (Å²) in [5, 5.41) is 9.32. The zero-order chi connectivity index (χ0) is 18.8. The molecular weight excluding hydrogens is 358 g/mol. The van der Waals surface area contributed by atoms with Crippen LogP contribution in [-0.4, -0.2) is 52.6 Å². The molecule has 142 valence electrons. The van der Waals surface area contributed by atoms with Crippen LogP contribution < -0.4 is 15.5 Å². The lowest BCUT2D eigenvalue weighted by Gasteiger charge is -2.59. The van der Waals surface area contributed by atoms with Crippen LogP contribution in [0.25, 0.3) is 5.65 Å². The lowest BCUT2D eigenvalue weighted by atomic mass is 9.57. The molecule has 3 aliphatic rings. The van der Waals surface area contributed by atoms with Gasteiger partial charge in [-0.25, -0.2) is 23.1 Å². The first-order chi connectivity index (χ1) is 12.9. The van der Waals surface area contributed by atoms with E-state index < -0.39 is 30.2 Å². The highest BCUT2D eigenvalue weighted by Gasteiger charge is 2.55. The molecule has 0 bridgehead atoms. The van der Waals surface area contributed by atoms with Crippen LogP contribution in [0.3, 0.4) is 0 Å². The highest BCUT2D eigenvalue weighted by atomic mass is 19.3. The molecule has 2 aliphatic heterocycles. The average Bonchev–Trinajstić information content (AvgIpc) is 3.00. The van der Waals surface area contributed by atoms with Gasteiger partial charge in [-0.2, -0.15) is 5.10 Å². The maximum atomic E-state index is 12.8. The number of anilines is 1. The van der Waals surface area contributed by atoms with Gasteiger partial charge in [-0.3, -0.25) is 10.1 Å². The van der Waals surface area contributed by atoms with E-state index in [-0.39, 0.29) is 12.0 Å². The van der Waals surface area contributed by atoms with Crippen LogP contribution in [0.5, 0.6) is 0 Å². The number of imidazole rings is 1. The number of halogens is 2.